The van der Waals surface area contributed by atoms with E-state index in [1.54, 1.807) is 6.07 Å². The van der Waals surface area contributed by atoms with Crippen LogP contribution < -0.4 is 0 Å². The molecule has 1 fully saturated rings. The predicted octanol–water partition coefficient (Wildman–Crippen LogP) is 5.18. The molecule has 8 heteroatoms. The Morgan fingerprint density at radius 1 is 1.13 bits per heavy atom. The zero-order valence-corrected chi connectivity index (χ0v) is 16.3. The van der Waals surface area contributed by atoms with Crippen molar-refractivity contribution in [2.24, 2.45) is 0 Å². The summed E-state index contributed by atoms with van der Waals surface area (Å²) < 4.78 is 44.4. The first-order valence-corrected chi connectivity index (χ1v) is 9.73. The average molecular weight is 415 g/mol. The number of nitrogens with zero attached hydrogens (tertiary/aromatic N) is 3. The van der Waals surface area contributed by atoms with E-state index in [-0.39, 0.29) is 18.9 Å². The van der Waals surface area contributed by atoms with Crippen molar-refractivity contribution < 1.29 is 22.5 Å². The maximum atomic E-state index is 13.0. The molecule has 1 amide bonds. The summed E-state index contributed by atoms with van der Waals surface area (Å²) in [7, 11) is 0. The van der Waals surface area contributed by atoms with Gasteiger partial charge in [-0.25, -0.2) is 0 Å². The van der Waals surface area contributed by atoms with Gasteiger partial charge >= 0.3 is 6.18 Å². The third kappa shape index (κ3) is 4.08. The van der Waals surface area contributed by atoms with Gasteiger partial charge in [0.05, 0.1) is 5.56 Å². The summed E-state index contributed by atoms with van der Waals surface area (Å²) in [6.45, 7) is 2.12. The lowest BCUT2D eigenvalue weighted by Crippen LogP contribution is -2.27. The standard InChI is InChI=1S/C22H20F3N3O2/c1-2-14-6-8-16(9-7-14)20-26-21(30-27-20)18-10-11-19(29)28(18)13-15-4-3-5-17(12-15)22(23,24)25/h3-9,12,18H,2,10-11,13H2,1H3. The van der Waals surface area contributed by atoms with Crippen molar-refractivity contribution in [2.75, 3.05) is 0 Å². The molecule has 0 N–H and O–H groups in total. The summed E-state index contributed by atoms with van der Waals surface area (Å²) in [5.74, 6) is 0.567. The molecule has 4 rings (SSSR count). The summed E-state index contributed by atoms with van der Waals surface area (Å²) >= 11 is 0. The fourth-order valence-electron chi connectivity index (χ4n) is 3.61. The van der Waals surface area contributed by atoms with E-state index in [1.807, 2.05) is 24.3 Å². The van der Waals surface area contributed by atoms with Crippen molar-refractivity contribution >= 4 is 5.91 Å². The van der Waals surface area contributed by atoms with Gasteiger partial charge in [0.15, 0.2) is 0 Å². The van der Waals surface area contributed by atoms with Gasteiger partial charge in [-0.2, -0.15) is 18.2 Å². The number of halogens is 3. The Morgan fingerprint density at radius 2 is 1.90 bits per heavy atom. The third-order valence-electron chi connectivity index (χ3n) is 5.28. The van der Waals surface area contributed by atoms with Crippen LogP contribution in [-0.4, -0.2) is 20.9 Å². The molecule has 1 aliphatic rings. The molecule has 0 spiro atoms. The molecular formula is C22H20F3N3O2. The fraction of sp³-hybridized carbons (Fsp3) is 0.318. The zero-order chi connectivity index (χ0) is 21.3. The normalized spacial score (nSPS) is 17.0. The van der Waals surface area contributed by atoms with E-state index < -0.39 is 17.8 Å². The van der Waals surface area contributed by atoms with Crippen LogP contribution in [-0.2, 0) is 23.9 Å². The van der Waals surface area contributed by atoms with Gasteiger partial charge in [0.25, 0.3) is 0 Å². The van der Waals surface area contributed by atoms with Gasteiger partial charge in [-0.05, 0) is 36.1 Å². The first kappa shape index (κ1) is 20.1. The van der Waals surface area contributed by atoms with Crippen molar-refractivity contribution in [1.29, 1.82) is 0 Å². The molecule has 0 saturated carbocycles. The second kappa shape index (κ2) is 7.93. The molecule has 2 aromatic carbocycles. The van der Waals surface area contributed by atoms with Crippen LogP contribution in [0.5, 0.6) is 0 Å². The van der Waals surface area contributed by atoms with Crippen LogP contribution in [0.2, 0.25) is 0 Å². The molecule has 0 aliphatic carbocycles. The van der Waals surface area contributed by atoms with Crippen molar-refractivity contribution in [3.8, 4) is 11.4 Å². The molecule has 156 valence electrons. The minimum absolute atomic E-state index is 0.0519. The van der Waals surface area contributed by atoms with Crippen LogP contribution in [0.25, 0.3) is 11.4 Å². The molecule has 1 aliphatic heterocycles. The molecule has 3 aromatic rings. The number of alkyl halides is 3. The number of amides is 1. The molecule has 1 aromatic heterocycles. The van der Waals surface area contributed by atoms with Crippen molar-refractivity contribution in [3.05, 3.63) is 71.1 Å². The smallest absolute Gasteiger partial charge is 0.337 e. The number of aryl methyl sites for hydroxylation is 1. The Hall–Kier alpha value is -3.16. The number of carbonyl (C=O) groups excluding carboxylic acids is 1. The van der Waals surface area contributed by atoms with Crippen LogP contribution in [0.4, 0.5) is 13.2 Å². The van der Waals surface area contributed by atoms with Gasteiger partial charge in [0.1, 0.15) is 6.04 Å². The van der Waals surface area contributed by atoms with Gasteiger partial charge in [0.2, 0.25) is 17.6 Å². The number of benzene rings is 2. The van der Waals surface area contributed by atoms with Gasteiger partial charge in [-0.3, -0.25) is 4.79 Å². The van der Waals surface area contributed by atoms with Crippen molar-refractivity contribution in [3.63, 3.8) is 0 Å². The molecule has 0 radical (unpaired) electrons. The highest BCUT2D eigenvalue weighted by Crippen LogP contribution is 2.35. The Morgan fingerprint density at radius 3 is 2.60 bits per heavy atom. The van der Waals surface area contributed by atoms with Gasteiger partial charge in [0, 0.05) is 18.5 Å². The summed E-state index contributed by atoms with van der Waals surface area (Å²) in [5.41, 5.74) is 1.66. The Bertz CT molecular complexity index is 1040. The van der Waals surface area contributed by atoms with Crippen LogP contribution in [0.3, 0.4) is 0 Å². The fourth-order valence-corrected chi connectivity index (χ4v) is 3.61. The maximum absolute atomic E-state index is 13.0. The van der Waals surface area contributed by atoms with Crippen LogP contribution >= 0.6 is 0 Å². The third-order valence-corrected chi connectivity index (χ3v) is 5.28. The monoisotopic (exact) mass is 415 g/mol. The number of likely N-dealkylation sites (tertiary alicyclic amines) is 1. The van der Waals surface area contributed by atoms with Gasteiger partial charge in [-0.15, -0.1) is 0 Å². The molecule has 1 saturated heterocycles. The number of carbonyl (C=O) groups is 1. The molecular weight excluding hydrogens is 395 g/mol. The molecule has 0 bridgehead atoms. The number of hydrogen-bond donors (Lipinski definition) is 0. The Kier molecular flexibility index (Phi) is 5.32. The van der Waals surface area contributed by atoms with E-state index in [0.29, 0.717) is 23.7 Å². The highest BCUT2D eigenvalue weighted by atomic mass is 19.4. The second-order valence-electron chi connectivity index (χ2n) is 7.28. The highest BCUT2D eigenvalue weighted by Gasteiger charge is 2.36. The lowest BCUT2D eigenvalue weighted by Gasteiger charge is -2.22. The summed E-state index contributed by atoms with van der Waals surface area (Å²) in [6, 6.07) is 12.3. The first-order valence-electron chi connectivity index (χ1n) is 9.73. The minimum atomic E-state index is -4.43. The lowest BCUT2D eigenvalue weighted by molar-refractivity contribution is -0.137. The van der Waals surface area contributed by atoms with E-state index in [0.717, 1.165) is 24.1 Å². The summed E-state index contributed by atoms with van der Waals surface area (Å²) in [6.07, 6.45) is -2.74. The van der Waals surface area contributed by atoms with Crippen molar-refractivity contribution in [2.45, 2.75) is 44.9 Å². The topological polar surface area (TPSA) is 59.2 Å². The van der Waals surface area contributed by atoms with Crippen LogP contribution in [0, 0.1) is 0 Å². The first-order chi connectivity index (χ1) is 14.3. The lowest BCUT2D eigenvalue weighted by atomic mass is 10.1. The van der Waals surface area contributed by atoms with E-state index in [9.17, 15) is 18.0 Å². The van der Waals surface area contributed by atoms with Crippen LogP contribution in [0.15, 0.2) is 53.1 Å². The van der Waals surface area contributed by atoms with Gasteiger partial charge < -0.3 is 9.42 Å². The average Bonchev–Trinajstić information content (AvgIpc) is 3.35. The number of rotatable bonds is 5. The van der Waals surface area contributed by atoms with E-state index in [1.165, 1.54) is 16.5 Å². The van der Waals surface area contributed by atoms with Crippen LogP contribution in [0.1, 0.15) is 48.4 Å². The molecule has 5 nitrogen and oxygen atoms in total. The second-order valence-corrected chi connectivity index (χ2v) is 7.28. The summed E-state index contributed by atoms with van der Waals surface area (Å²) in [5, 5.41) is 4.03. The minimum Gasteiger partial charge on any atom is -0.337 e. The summed E-state index contributed by atoms with van der Waals surface area (Å²) in [4.78, 5) is 18.4. The van der Waals surface area contributed by atoms with E-state index in [2.05, 4.69) is 17.1 Å². The number of hydrogen-bond acceptors (Lipinski definition) is 4. The zero-order valence-electron chi connectivity index (χ0n) is 16.3. The largest absolute Gasteiger partial charge is 0.416 e. The maximum Gasteiger partial charge on any atom is 0.416 e. The molecule has 1 unspecified atom stereocenters. The van der Waals surface area contributed by atoms with Gasteiger partial charge in [-0.1, -0.05) is 48.5 Å². The molecule has 2 heterocycles. The quantitative estimate of drug-likeness (QED) is 0.576. The van der Waals surface area contributed by atoms with E-state index >= 15 is 0 Å². The van der Waals surface area contributed by atoms with E-state index in [4.69, 9.17) is 4.52 Å². The Labute approximate surface area is 171 Å². The molecule has 1 atom stereocenters. The Balaban J connectivity index is 1.56. The SMILES string of the molecule is CCc1ccc(-c2noc(C3CCC(=O)N3Cc3cccc(C(F)(F)F)c3)n2)cc1. The van der Waals surface area contributed by atoms with Crippen molar-refractivity contribution in [1.82, 2.24) is 15.0 Å². The number of aromatic nitrogens is 2. The predicted molar refractivity (Wildman–Crippen MR) is 103 cm³/mol. The highest BCUT2D eigenvalue weighted by molar-refractivity contribution is 5.78. The molecule has 30 heavy (non-hydrogen) atoms.